The number of benzene rings is 1. The van der Waals surface area contributed by atoms with Gasteiger partial charge in [-0.05, 0) is 43.6 Å². The largest absolute Gasteiger partial charge is 1.00 e. The highest BCUT2D eigenvalue weighted by atomic mass is 35.5. The molecule has 0 bridgehead atoms. The number of nitrogens with zero attached hydrogens (tertiary/aromatic N) is 1. The Morgan fingerprint density at radius 1 is 1.05 bits per heavy atom. The fourth-order valence-electron chi connectivity index (χ4n) is 2.76. The molecule has 2 aliphatic rings. The van der Waals surface area contributed by atoms with Crippen molar-refractivity contribution in [3.05, 3.63) is 23.8 Å². The van der Waals surface area contributed by atoms with E-state index in [2.05, 4.69) is 4.90 Å². The second-order valence-electron chi connectivity index (χ2n) is 5.28. The number of likely N-dealkylation sites (tertiary alicyclic amines) is 1. The number of aliphatic hydroxyl groups is 1. The Morgan fingerprint density at radius 2 is 1.75 bits per heavy atom. The quantitative estimate of drug-likeness (QED) is 0.776. The minimum Gasteiger partial charge on any atom is -1.00 e. The van der Waals surface area contributed by atoms with Crippen molar-refractivity contribution in [1.82, 2.24) is 4.90 Å². The molecule has 1 aromatic rings. The van der Waals surface area contributed by atoms with Gasteiger partial charge in [0.1, 0.15) is 13.2 Å². The third-order valence-corrected chi connectivity index (χ3v) is 3.83. The minimum atomic E-state index is -0.450. The number of fused-ring (bicyclic) bond motifs is 1. The van der Waals surface area contributed by atoms with Crippen molar-refractivity contribution >= 4 is 0 Å². The fraction of sp³-hybridized carbons (Fsp3) is 0.600. The van der Waals surface area contributed by atoms with Crippen molar-refractivity contribution in [2.45, 2.75) is 25.4 Å². The highest BCUT2D eigenvalue weighted by Crippen LogP contribution is 2.32. The van der Waals surface area contributed by atoms with Crippen LogP contribution < -0.4 is 21.9 Å². The molecule has 0 saturated carbocycles. The van der Waals surface area contributed by atoms with Crippen LogP contribution in [0.4, 0.5) is 0 Å². The summed E-state index contributed by atoms with van der Waals surface area (Å²) >= 11 is 0. The molecule has 1 aromatic carbocycles. The molecule has 112 valence electrons. The van der Waals surface area contributed by atoms with Gasteiger partial charge in [-0.3, -0.25) is 0 Å². The third-order valence-electron chi connectivity index (χ3n) is 3.83. The molecule has 1 unspecified atom stereocenters. The predicted octanol–water partition coefficient (Wildman–Crippen LogP) is -1.02. The van der Waals surface area contributed by atoms with Crippen LogP contribution in [0.3, 0.4) is 0 Å². The van der Waals surface area contributed by atoms with Crippen molar-refractivity contribution in [2.75, 3.05) is 32.8 Å². The first-order chi connectivity index (χ1) is 9.33. The Bertz CT molecular complexity index is 435. The smallest absolute Gasteiger partial charge is 0.161 e. The minimum absolute atomic E-state index is 0. The normalized spacial score (nSPS) is 20.1. The molecular weight excluding hydrogens is 278 g/mol. The molecule has 0 radical (unpaired) electrons. The number of β-amino-alcohol motifs (C(OH)–C–C–N with tert-alkyl or cyclic N) is 1. The molecule has 20 heavy (non-hydrogen) atoms. The first-order valence-electron chi connectivity index (χ1n) is 7.13. The Labute approximate surface area is 126 Å². The van der Waals surface area contributed by atoms with Gasteiger partial charge in [0.05, 0.1) is 6.10 Å². The van der Waals surface area contributed by atoms with Crippen LogP contribution >= 0.6 is 0 Å². The number of rotatable bonds is 3. The first kappa shape index (κ1) is 15.4. The average molecular weight is 299 g/mol. The van der Waals surface area contributed by atoms with Gasteiger partial charge in [0.25, 0.3) is 0 Å². The first-order valence-corrected chi connectivity index (χ1v) is 7.13. The van der Waals surface area contributed by atoms with Crippen molar-refractivity contribution in [1.29, 1.82) is 0 Å². The molecule has 1 N–H and O–H groups in total. The van der Waals surface area contributed by atoms with E-state index in [-0.39, 0.29) is 12.4 Å². The van der Waals surface area contributed by atoms with Gasteiger partial charge in [0.15, 0.2) is 11.5 Å². The predicted molar refractivity (Wildman–Crippen MR) is 72.7 cm³/mol. The Morgan fingerprint density at radius 3 is 2.50 bits per heavy atom. The van der Waals surface area contributed by atoms with Crippen LogP contribution in [0.5, 0.6) is 11.5 Å². The number of ether oxygens (including phenoxy) is 2. The van der Waals surface area contributed by atoms with E-state index in [0.717, 1.165) is 30.2 Å². The Kier molecular flexibility index (Phi) is 5.52. The number of piperidine rings is 1. The van der Waals surface area contributed by atoms with Crippen molar-refractivity contribution < 1.29 is 27.0 Å². The third kappa shape index (κ3) is 3.57. The molecule has 3 rings (SSSR count). The van der Waals surface area contributed by atoms with Gasteiger partial charge < -0.3 is 31.9 Å². The molecule has 2 aliphatic heterocycles. The monoisotopic (exact) mass is 298 g/mol. The zero-order valence-corrected chi connectivity index (χ0v) is 12.3. The van der Waals surface area contributed by atoms with Crippen molar-refractivity contribution in [3.63, 3.8) is 0 Å². The van der Waals surface area contributed by atoms with Gasteiger partial charge in [-0.2, -0.15) is 0 Å². The van der Waals surface area contributed by atoms with Gasteiger partial charge in [0.2, 0.25) is 0 Å². The molecule has 4 nitrogen and oxygen atoms in total. The zero-order chi connectivity index (χ0) is 13.1. The maximum atomic E-state index is 10.3. The van der Waals surface area contributed by atoms with E-state index in [4.69, 9.17) is 9.47 Å². The lowest BCUT2D eigenvalue weighted by atomic mass is 10.1. The van der Waals surface area contributed by atoms with E-state index < -0.39 is 6.10 Å². The molecule has 0 aromatic heterocycles. The van der Waals surface area contributed by atoms with E-state index in [1.165, 1.54) is 19.3 Å². The van der Waals surface area contributed by atoms with Crippen LogP contribution in [0.2, 0.25) is 0 Å². The molecule has 0 amide bonds. The van der Waals surface area contributed by atoms with Crippen molar-refractivity contribution in [2.24, 2.45) is 0 Å². The Balaban J connectivity index is 0.00000147. The van der Waals surface area contributed by atoms with Crippen LogP contribution in [-0.2, 0) is 0 Å². The summed E-state index contributed by atoms with van der Waals surface area (Å²) in [5.74, 6) is 1.53. The molecule has 5 heteroatoms. The van der Waals surface area contributed by atoms with E-state index in [0.29, 0.717) is 19.8 Å². The van der Waals surface area contributed by atoms with Gasteiger partial charge in [-0.25, -0.2) is 0 Å². The summed E-state index contributed by atoms with van der Waals surface area (Å²) in [5, 5.41) is 10.3. The average Bonchev–Trinajstić information content (AvgIpc) is 2.48. The molecule has 1 fully saturated rings. The number of hydrogen-bond donors (Lipinski definition) is 1. The van der Waals surface area contributed by atoms with Gasteiger partial charge in [0, 0.05) is 6.54 Å². The molecule has 0 spiro atoms. The topological polar surface area (TPSA) is 41.9 Å². The highest BCUT2D eigenvalue weighted by Gasteiger charge is 2.18. The Hall–Kier alpha value is -0.970. The summed E-state index contributed by atoms with van der Waals surface area (Å²) in [6.45, 7) is 4.09. The molecular formula is C15H21ClNO3-. The van der Waals surface area contributed by atoms with E-state index in [1.54, 1.807) is 0 Å². The van der Waals surface area contributed by atoms with Crippen LogP contribution in [0.25, 0.3) is 0 Å². The summed E-state index contributed by atoms with van der Waals surface area (Å²) in [6, 6.07) is 5.73. The van der Waals surface area contributed by atoms with Gasteiger partial charge in [-0.15, -0.1) is 0 Å². The van der Waals surface area contributed by atoms with Crippen molar-refractivity contribution in [3.8, 4) is 11.5 Å². The second-order valence-corrected chi connectivity index (χ2v) is 5.28. The molecule has 1 atom stereocenters. The van der Waals surface area contributed by atoms with Gasteiger partial charge in [-0.1, -0.05) is 12.5 Å². The standard InChI is InChI=1S/C15H21NO3.ClH/c17-13(11-16-6-2-1-3-7-16)12-4-5-14-15(10-12)19-9-8-18-14;/h4-5,10,13,17H,1-3,6-9,11H2;1H/p-1. The van der Waals surface area contributed by atoms with Crippen LogP contribution in [0, 0.1) is 0 Å². The lowest BCUT2D eigenvalue weighted by Crippen LogP contribution is -3.00. The summed E-state index contributed by atoms with van der Waals surface area (Å²) in [5.41, 5.74) is 0.912. The molecule has 1 saturated heterocycles. The van der Waals surface area contributed by atoms with Crippen LogP contribution in [0.15, 0.2) is 18.2 Å². The highest BCUT2D eigenvalue weighted by molar-refractivity contribution is 5.44. The lowest BCUT2D eigenvalue weighted by Gasteiger charge is -2.29. The van der Waals surface area contributed by atoms with E-state index in [9.17, 15) is 5.11 Å². The summed E-state index contributed by atoms with van der Waals surface area (Å²) in [6.07, 6.45) is 3.35. The maximum Gasteiger partial charge on any atom is 0.161 e. The van der Waals surface area contributed by atoms with E-state index >= 15 is 0 Å². The summed E-state index contributed by atoms with van der Waals surface area (Å²) in [7, 11) is 0. The van der Waals surface area contributed by atoms with Crippen LogP contribution in [0.1, 0.15) is 30.9 Å². The second kappa shape index (κ2) is 7.16. The summed E-state index contributed by atoms with van der Waals surface area (Å²) < 4.78 is 11.0. The molecule has 0 aliphatic carbocycles. The zero-order valence-electron chi connectivity index (χ0n) is 11.6. The lowest BCUT2D eigenvalue weighted by molar-refractivity contribution is -0.00000655. The SMILES string of the molecule is OC(CN1CCCCC1)c1ccc2c(c1)OCCO2.[Cl-]. The number of hydrogen-bond acceptors (Lipinski definition) is 4. The van der Waals surface area contributed by atoms with Crippen LogP contribution in [-0.4, -0.2) is 42.9 Å². The maximum absolute atomic E-state index is 10.3. The van der Waals surface area contributed by atoms with Gasteiger partial charge >= 0.3 is 0 Å². The van der Waals surface area contributed by atoms with E-state index in [1.807, 2.05) is 18.2 Å². The number of aliphatic hydroxyl groups excluding tert-OH is 1. The fourth-order valence-corrected chi connectivity index (χ4v) is 2.76. The number of halogens is 1. The molecule has 2 heterocycles. The summed E-state index contributed by atoms with van der Waals surface area (Å²) in [4.78, 5) is 2.34.